The maximum absolute atomic E-state index is 13.9. The molecule has 0 saturated carbocycles. The molecule has 9 heteroatoms. The van der Waals surface area contributed by atoms with Crippen molar-refractivity contribution in [1.29, 1.82) is 0 Å². The van der Waals surface area contributed by atoms with E-state index in [4.69, 9.17) is 14.2 Å². The number of ether oxygens (including phenoxy) is 3. The summed E-state index contributed by atoms with van der Waals surface area (Å²) in [5, 5.41) is 14.2. The van der Waals surface area contributed by atoms with E-state index in [0.29, 0.717) is 23.1 Å². The highest BCUT2D eigenvalue weighted by Gasteiger charge is 2.65. The number of hydrogen-bond acceptors (Lipinski definition) is 8. The molecule has 0 spiro atoms. The minimum Gasteiger partial charge on any atom is -0.452 e. The highest BCUT2D eigenvalue weighted by molar-refractivity contribution is 6.08. The van der Waals surface area contributed by atoms with Crippen LogP contribution in [0.25, 0.3) is 0 Å². The Labute approximate surface area is 189 Å². The molecule has 0 radical (unpaired) electrons. The third kappa shape index (κ3) is 3.43. The van der Waals surface area contributed by atoms with E-state index in [0.717, 1.165) is 0 Å². The number of Topliss-reactive ketones (excluding diaryl/α,β-unsaturated/α-hetero) is 1. The lowest BCUT2D eigenvalue weighted by Gasteiger charge is -2.50. The number of nitro groups is 1. The van der Waals surface area contributed by atoms with E-state index < -0.39 is 22.2 Å². The number of nitrogens with zero attached hydrogens (tertiary/aromatic N) is 1. The van der Waals surface area contributed by atoms with Crippen molar-refractivity contribution in [3.8, 4) is 5.75 Å². The number of para-hydroxylation sites is 1. The van der Waals surface area contributed by atoms with Gasteiger partial charge in [0.15, 0.2) is 0 Å². The van der Waals surface area contributed by atoms with Crippen molar-refractivity contribution in [2.24, 2.45) is 0 Å². The van der Waals surface area contributed by atoms with Crippen LogP contribution in [0.4, 0.5) is 11.4 Å². The van der Waals surface area contributed by atoms with Crippen LogP contribution in [0.3, 0.4) is 0 Å². The molecule has 0 aromatic heterocycles. The zero-order chi connectivity index (χ0) is 23.6. The molecule has 0 bridgehead atoms. The third-order valence-electron chi connectivity index (χ3n) is 5.59. The van der Waals surface area contributed by atoms with Crippen molar-refractivity contribution in [3.63, 3.8) is 0 Å². The zero-order valence-corrected chi connectivity index (χ0v) is 17.8. The monoisotopic (exact) mass is 448 g/mol. The smallest absolute Gasteiger partial charge is 0.293 e. The number of anilines is 1. The van der Waals surface area contributed by atoms with Gasteiger partial charge in [0.1, 0.15) is 12.0 Å². The zero-order valence-electron chi connectivity index (χ0n) is 17.8. The maximum Gasteiger partial charge on any atom is 0.293 e. The van der Waals surface area contributed by atoms with E-state index >= 15 is 0 Å². The highest BCUT2D eigenvalue weighted by atomic mass is 16.7. The fourth-order valence-corrected chi connectivity index (χ4v) is 3.94. The number of rotatable bonds is 7. The number of nitrogens with one attached hydrogen (secondary N) is 1. The number of methoxy groups -OCH3 is 2. The van der Waals surface area contributed by atoms with E-state index in [-0.39, 0.29) is 17.0 Å². The second-order valence-electron chi connectivity index (χ2n) is 7.30. The van der Waals surface area contributed by atoms with E-state index in [9.17, 15) is 19.7 Å². The first-order valence-corrected chi connectivity index (χ1v) is 9.92. The van der Waals surface area contributed by atoms with Crippen LogP contribution in [0.1, 0.15) is 26.3 Å². The summed E-state index contributed by atoms with van der Waals surface area (Å²) in [6.45, 7) is 0. The van der Waals surface area contributed by atoms with Gasteiger partial charge in [0.2, 0.25) is 5.78 Å². The van der Waals surface area contributed by atoms with Gasteiger partial charge in [-0.3, -0.25) is 19.7 Å². The SMILES string of the molecule is CO[C@]1(c2ccc([N+](=O)[O-])cc2)Oc2ccccc2C(=O)[C@@]1(Nc1ccc(C=O)cc1)OC. The first kappa shape index (κ1) is 22.1. The summed E-state index contributed by atoms with van der Waals surface area (Å²) in [6.07, 6.45) is 0.706. The van der Waals surface area contributed by atoms with Crippen molar-refractivity contribution >= 4 is 23.4 Å². The van der Waals surface area contributed by atoms with Gasteiger partial charge in [0.25, 0.3) is 17.2 Å². The lowest BCUT2D eigenvalue weighted by Crippen LogP contribution is -2.68. The molecular weight excluding hydrogens is 428 g/mol. The predicted octanol–water partition coefficient (Wildman–Crippen LogP) is 3.94. The largest absolute Gasteiger partial charge is 0.452 e. The summed E-state index contributed by atoms with van der Waals surface area (Å²) in [5.41, 5.74) is -0.551. The average molecular weight is 448 g/mol. The van der Waals surface area contributed by atoms with E-state index in [1.807, 2.05) is 0 Å². The lowest BCUT2D eigenvalue weighted by molar-refractivity contribution is -0.384. The summed E-state index contributed by atoms with van der Waals surface area (Å²) in [5.74, 6) is -2.05. The molecule has 1 aliphatic heterocycles. The Morgan fingerprint density at radius 1 is 0.970 bits per heavy atom. The summed E-state index contributed by atoms with van der Waals surface area (Å²) in [7, 11) is 2.69. The fourth-order valence-electron chi connectivity index (χ4n) is 3.94. The standard InChI is InChI=1S/C24H20N2O7/c1-31-23(25-18-11-7-16(15-27)8-12-18)22(28)20-5-3-4-6-21(20)33-24(23,32-2)17-9-13-19(14-10-17)26(29)30/h3-15,25H,1-2H3/t23-,24-/m1/s1. The summed E-state index contributed by atoms with van der Waals surface area (Å²) in [4.78, 5) is 35.6. The molecule has 0 saturated heterocycles. The molecule has 4 rings (SSSR count). The molecule has 1 aliphatic rings. The lowest BCUT2D eigenvalue weighted by atomic mass is 9.83. The second-order valence-corrected chi connectivity index (χ2v) is 7.30. The van der Waals surface area contributed by atoms with Gasteiger partial charge in [-0.1, -0.05) is 12.1 Å². The van der Waals surface area contributed by atoms with E-state index in [1.54, 1.807) is 48.5 Å². The minimum absolute atomic E-state index is 0.132. The Bertz CT molecular complexity index is 1210. The number of non-ortho nitro benzene ring substituents is 1. The number of ketones is 1. The normalized spacial score (nSPS) is 21.6. The molecule has 0 aliphatic carbocycles. The van der Waals surface area contributed by atoms with E-state index in [2.05, 4.69) is 5.32 Å². The van der Waals surface area contributed by atoms with Gasteiger partial charge in [-0.05, 0) is 48.5 Å². The summed E-state index contributed by atoms with van der Waals surface area (Å²) in [6, 6.07) is 18.6. The molecule has 1 heterocycles. The van der Waals surface area contributed by atoms with Gasteiger partial charge in [-0.2, -0.15) is 0 Å². The number of carbonyl (C=O) groups excluding carboxylic acids is 2. The van der Waals surface area contributed by atoms with Crippen molar-refractivity contribution in [1.82, 2.24) is 0 Å². The van der Waals surface area contributed by atoms with Crippen LogP contribution in [-0.2, 0) is 15.3 Å². The Morgan fingerprint density at radius 3 is 2.21 bits per heavy atom. The molecule has 0 fully saturated rings. The van der Waals surface area contributed by atoms with Crippen LogP contribution in [0.2, 0.25) is 0 Å². The van der Waals surface area contributed by atoms with Crippen molar-refractivity contribution in [3.05, 3.63) is 99.6 Å². The first-order chi connectivity index (χ1) is 15.9. The number of carbonyl (C=O) groups is 2. The van der Waals surface area contributed by atoms with Crippen molar-refractivity contribution in [2.75, 3.05) is 19.5 Å². The third-order valence-corrected chi connectivity index (χ3v) is 5.59. The van der Waals surface area contributed by atoms with E-state index in [1.165, 1.54) is 38.5 Å². The van der Waals surface area contributed by atoms with Crippen molar-refractivity contribution < 1.29 is 28.7 Å². The fraction of sp³-hybridized carbons (Fsp3) is 0.167. The molecule has 2 atom stereocenters. The summed E-state index contributed by atoms with van der Waals surface area (Å²) < 4.78 is 18.0. The van der Waals surface area contributed by atoms with Gasteiger partial charge >= 0.3 is 0 Å². The van der Waals surface area contributed by atoms with Crippen LogP contribution in [-0.4, -0.2) is 36.9 Å². The molecule has 0 amide bonds. The minimum atomic E-state index is -1.92. The molecule has 33 heavy (non-hydrogen) atoms. The highest BCUT2D eigenvalue weighted by Crippen LogP contribution is 2.48. The van der Waals surface area contributed by atoms with Gasteiger partial charge in [0, 0.05) is 43.2 Å². The van der Waals surface area contributed by atoms with Crippen LogP contribution >= 0.6 is 0 Å². The number of nitro benzene ring substituents is 1. The van der Waals surface area contributed by atoms with Crippen LogP contribution < -0.4 is 10.1 Å². The number of benzene rings is 3. The van der Waals surface area contributed by atoms with Crippen LogP contribution in [0.5, 0.6) is 5.75 Å². The molecular formula is C24H20N2O7. The second kappa shape index (κ2) is 8.45. The molecule has 1 N–H and O–H groups in total. The Morgan fingerprint density at radius 2 is 1.64 bits per heavy atom. The Hall–Kier alpha value is -4.08. The van der Waals surface area contributed by atoms with Crippen molar-refractivity contribution in [2.45, 2.75) is 11.5 Å². The number of hydrogen-bond donors (Lipinski definition) is 1. The predicted molar refractivity (Wildman–Crippen MR) is 118 cm³/mol. The number of fused-ring (bicyclic) bond motifs is 1. The number of aldehydes is 1. The van der Waals surface area contributed by atoms with Gasteiger partial charge in [0.05, 0.1) is 10.5 Å². The molecule has 9 nitrogen and oxygen atoms in total. The van der Waals surface area contributed by atoms with Crippen LogP contribution in [0, 0.1) is 10.1 Å². The summed E-state index contributed by atoms with van der Waals surface area (Å²) >= 11 is 0. The Balaban J connectivity index is 1.94. The quantitative estimate of drug-likeness (QED) is 0.250. The average Bonchev–Trinajstić information content (AvgIpc) is 2.86. The molecule has 3 aromatic rings. The maximum atomic E-state index is 13.9. The Kier molecular flexibility index (Phi) is 5.67. The topological polar surface area (TPSA) is 117 Å². The van der Waals surface area contributed by atoms with Crippen LogP contribution in [0.15, 0.2) is 72.8 Å². The van der Waals surface area contributed by atoms with Gasteiger partial charge in [-0.25, -0.2) is 0 Å². The van der Waals surface area contributed by atoms with Gasteiger partial charge < -0.3 is 19.5 Å². The molecule has 168 valence electrons. The first-order valence-electron chi connectivity index (χ1n) is 9.92. The molecule has 0 unspecified atom stereocenters. The molecule has 3 aromatic carbocycles. The van der Waals surface area contributed by atoms with Gasteiger partial charge in [-0.15, -0.1) is 0 Å².